The van der Waals surface area contributed by atoms with Gasteiger partial charge in [0.05, 0.1) is 0 Å². The van der Waals surface area contributed by atoms with Crippen LogP contribution in [0.25, 0.3) is 0 Å². The largest absolute Gasteiger partial charge is 0.488 e. The standard InChI is InChI=1S/C13H17ClFNO/c1-3-12(16)7-10-6-11(15)4-5-13(10)17-8-9(2)14/h4-6,12H,2-3,7-8,16H2,1H3. The van der Waals surface area contributed by atoms with Crippen molar-refractivity contribution in [2.45, 2.75) is 25.8 Å². The number of hydrogen-bond donors (Lipinski definition) is 1. The third-order valence-electron chi connectivity index (χ3n) is 2.41. The molecule has 1 unspecified atom stereocenters. The van der Waals surface area contributed by atoms with Crippen molar-refractivity contribution in [2.75, 3.05) is 6.61 Å². The van der Waals surface area contributed by atoms with Gasteiger partial charge in [0.2, 0.25) is 0 Å². The molecule has 0 aliphatic carbocycles. The first-order valence-corrected chi connectivity index (χ1v) is 5.90. The summed E-state index contributed by atoms with van der Waals surface area (Å²) in [4.78, 5) is 0. The molecule has 0 aliphatic heterocycles. The second kappa shape index (κ2) is 6.62. The Labute approximate surface area is 106 Å². The van der Waals surface area contributed by atoms with Gasteiger partial charge in [-0.3, -0.25) is 0 Å². The van der Waals surface area contributed by atoms with Crippen LogP contribution < -0.4 is 10.5 Å². The van der Waals surface area contributed by atoms with E-state index in [1.807, 2.05) is 6.92 Å². The minimum atomic E-state index is -0.291. The Bertz CT molecular complexity index is 395. The van der Waals surface area contributed by atoms with E-state index in [2.05, 4.69) is 6.58 Å². The van der Waals surface area contributed by atoms with Gasteiger partial charge < -0.3 is 10.5 Å². The minimum Gasteiger partial charge on any atom is -0.488 e. The van der Waals surface area contributed by atoms with Crippen LogP contribution in [0.1, 0.15) is 18.9 Å². The fraction of sp³-hybridized carbons (Fsp3) is 0.385. The first-order valence-electron chi connectivity index (χ1n) is 5.53. The Hall–Kier alpha value is -1.06. The van der Waals surface area contributed by atoms with E-state index >= 15 is 0 Å². The highest BCUT2D eigenvalue weighted by molar-refractivity contribution is 6.29. The molecule has 4 heteroatoms. The second-order valence-electron chi connectivity index (χ2n) is 3.93. The highest BCUT2D eigenvalue weighted by Gasteiger charge is 2.09. The van der Waals surface area contributed by atoms with Gasteiger partial charge in [-0.05, 0) is 36.6 Å². The van der Waals surface area contributed by atoms with E-state index < -0.39 is 0 Å². The van der Waals surface area contributed by atoms with Crippen LogP contribution >= 0.6 is 11.6 Å². The molecule has 0 saturated carbocycles. The SMILES string of the molecule is C=C(Cl)COc1ccc(F)cc1CC(N)CC. The van der Waals surface area contributed by atoms with Crippen LogP contribution in [0, 0.1) is 5.82 Å². The van der Waals surface area contributed by atoms with Gasteiger partial charge in [-0.2, -0.15) is 0 Å². The van der Waals surface area contributed by atoms with E-state index in [-0.39, 0.29) is 18.5 Å². The van der Waals surface area contributed by atoms with Crippen LogP contribution in [0.3, 0.4) is 0 Å². The predicted molar refractivity (Wildman–Crippen MR) is 68.9 cm³/mol. The Morgan fingerprint density at radius 2 is 2.29 bits per heavy atom. The molecule has 1 atom stereocenters. The molecule has 1 rings (SSSR count). The highest BCUT2D eigenvalue weighted by atomic mass is 35.5. The normalized spacial score (nSPS) is 12.2. The average molecular weight is 258 g/mol. The monoisotopic (exact) mass is 257 g/mol. The van der Waals surface area contributed by atoms with Gasteiger partial charge >= 0.3 is 0 Å². The Morgan fingerprint density at radius 3 is 2.88 bits per heavy atom. The van der Waals surface area contributed by atoms with Gasteiger partial charge in [0.1, 0.15) is 18.2 Å². The summed E-state index contributed by atoms with van der Waals surface area (Å²) in [7, 11) is 0. The zero-order valence-corrected chi connectivity index (χ0v) is 10.6. The van der Waals surface area contributed by atoms with Gasteiger partial charge in [0, 0.05) is 11.1 Å². The summed E-state index contributed by atoms with van der Waals surface area (Å²) >= 11 is 5.63. The van der Waals surface area contributed by atoms with E-state index in [1.54, 1.807) is 6.07 Å². The highest BCUT2D eigenvalue weighted by Crippen LogP contribution is 2.22. The maximum atomic E-state index is 13.2. The van der Waals surface area contributed by atoms with Crippen molar-refractivity contribution in [3.05, 3.63) is 41.2 Å². The first-order chi connectivity index (χ1) is 8.02. The van der Waals surface area contributed by atoms with Gasteiger partial charge in [0.25, 0.3) is 0 Å². The third-order valence-corrected chi connectivity index (χ3v) is 2.52. The number of benzene rings is 1. The summed E-state index contributed by atoms with van der Waals surface area (Å²) in [6.45, 7) is 5.74. The van der Waals surface area contributed by atoms with Gasteiger partial charge in [-0.15, -0.1) is 0 Å². The summed E-state index contributed by atoms with van der Waals surface area (Å²) in [5.41, 5.74) is 6.62. The summed E-state index contributed by atoms with van der Waals surface area (Å²) in [6.07, 6.45) is 1.41. The lowest BCUT2D eigenvalue weighted by Crippen LogP contribution is -2.21. The minimum absolute atomic E-state index is 0.00152. The molecule has 94 valence electrons. The fourth-order valence-electron chi connectivity index (χ4n) is 1.43. The van der Waals surface area contributed by atoms with Crippen molar-refractivity contribution in [2.24, 2.45) is 5.73 Å². The van der Waals surface area contributed by atoms with Crippen LogP contribution in [-0.2, 0) is 6.42 Å². The quantitative estimate of drug-likeness (QED) is 0.849. The van der Waals surface area contributed by atoms with E-state index in [0.29, 0.717) is 17.2 Å². The molecule has 0 aromatic heterocycles. The molecule has 0 bridgehead atoms. The molecule has 0 aliphatic rings. The van der Waals surface area contributed by atoms with Crippen molar-refractivity contribution in [3.8, 4) is 5.75 Å². The van der Waals surface area contributed by atoms with Crippen LogP contribution in [-0.4, -0.2) is 12.6 Å². The fourth-order valence-corrected chi connectivity index (χ4v) is 1.49. The molecule has 2 nitrogen and oxygen atoms in total. The summed E-state index contributed by atoms with van der Waals surface area (Å²) < 4.78 is 18.6. The number of ether oxygens (including phenoxy) is 1. The van der Waals surface area contributed by atoms with Crippen molar-refractivity contribution < 1.29 is 9.13 Å². The van der Waals surface area contributed by atoms with Crippen molar-refractivity contribution in [3.63, 3.8) is 0 Å². The molecule has 0 heterocycles. The van der Waals surface area contributed by atoms with Crippen LogP contribution in [0.5, 0.6) is 5.75 Å². The van der Waals surface area contributed by atoms with E-state index in [9.17, 15) is 4.39 Å². The van der Waals surface area contributed by atoms with Crippen molar-refractivity contribution >= 4 is 11.6 Å². The topological polar surface area (TPSA) is 35.2 Å². The molecular formula is C13H17ClFNO. The lowest BCUT2D eigenvalue weighted by molar-refractivity contribution is 0.353. The van der Waals surface area contributed by atoms with E-state index in [1.165, 1.54) is 12.1 Å². The number of nitrogens with two attached hydrogens (primary N) is 1. The molecule has 2 N–H and O–H groups in total. The lowest BCUT2D eigenvalue weighted by Gasteiger charge is -2.14. The Balaban J connectivity index is 2.83. The molecule has 1 aromatic rings. The molecule has 0 saturated heterocycles. The maximum Gasteiger partial charge on any atom is 0.123 e. The van der Waals surface area contributed by atoms with E-state index in [0.717, 1.165) is 12.0 Å². The zero-order valence-electron chi connectivity index (χ0n) is 9.88. The van der Waals surface area contributed by atoms with Gasteiger partial charge in [-0.25, -0.2) is 4.39 Å². The summed E-state index contributed by atoms with van der Waals surface area (Å²) in [5.74, 6) is 0.317. The molecule has 0 radical (unpaired) electrons. The van der Waals surface area contributed by atoms with E-state index in [4.69, 9.17) is 22.1 Å². The molecular weight excluding hydrogens is 241 g/mol. The average Bonchev–Trinajstić information content (AvgIpc) is 2.27. The van der Waals surface area contributed by atoms with Crippen LogP contribution in [0.15, 0.2) is 29.8 Å². The molecule has 17 heavy (non-hydrogen) atoms. The smallest absolute Gasteiger partial charge is 0.123 e. The predicted octanol–water partition coefficient (Wildman–Crippen LogP) is 3.24. The molecule has 0 amide bonds. The van der Waals surface area contributed by atoms with Gasteiger partial charge in [-0.1, -0.05) is 25.1 Å². The van der Waals surface area contributed by atoms with Crippen LogP contribution in [0.4, 0.5) is 4.39 Å². The summed E-state index contributed by atoms with van der Waals surface area (Å²) in [6, 6.07) is 4.39. The van der Waals surface area contributed by atoms with Crippen molar-refractivity contribution in [1.29, 1.82) is 0 Å². The molecule has 0 spiro atoms. The van der Waals surface area contributed by atoms with Crippen LogP contribution in [0.2, 0.25) is 0 Å². The third kappa shape index (κ3) is 4.75. The Kier molecular flexibility index (Phi) is 5.45. The molecule has 1 aromatic carbocycles. The second-order valence-corrected chi connectivity index (χ2v) is 4.46. The number of rotatable bonds is 6. The Morgan fingerprint density at radius 1 is 1.59 bits per heavy atom. The maximum absolute atomic E-state index is 13.2. The zero-order chi connectivity index (χ0) is 12.8. The summed E-state index contributed by atoms with van der Waals surface area (Å²) in [5, 5.41) is 0.403. The molecule has 0 fully saturated rings. The number of hydrogen-bond acceptors (Lipinski definition) is 2. The lowest BCUT2D eigenvalue weighted by atomic mass is 10.0. The first kappa shape index (κ1) is 14.0. The number of halogens is 2. The van der Waals surface area contributed by atoms with Gasteiger partial charge in [0.15, 0.2) is 0 Å². The van der Waals surface area contributed by atoms with Crippen molar-refractivity contribution in [1.82, 2.24) is 0 Å².